The minimum absolute atomic E-state index is 0.0466. The van der Waals surface area contributed by atoms with Crippen LogP contribution in [0.25, 0.3) is 0 Å². The van der Waals surface area contributed by atoms with Crippen molar-refractivity contribution in [3.05, 3.63) is 23.7 Å². The molecule has 0 bridgehead atoms. The molecule has 1 fully saturated rings. The van der Waals surface area contributed by atoms with Gasteiger partial charge in [-0.25, -0.2) is 0 Å². The van der Waals surface area contributed by atoms with E-state index in [0.29, 0.717) is 6.54 Å². The first kappa shape index (κ1) is 12.6. The third-order valence-electron chi connectivity index (χ3n) is 3.36. The topological polar surface area (TPSA) is 60.4 Å². The number of furan rings is 1. The molecular weight excluding hydrogens is 216 g/mol. The first-order valence-electron chi connectivity index (χ1n) is 6.27. The Morgan fingerprint density at radius 2 is 2.35 bits per heavy atom. The fourth-order valence-corrected chi connectivity index (χ4v) is 2.26. The normalized spacial score (nSPS) is 26.3. The summed E-state index contributed by atoms with van der Waals surface area (Å²) in [5.74, 6) is 1.83. The smallest absolute Gasteiger partial charge is 0.122 e. The van der Waals surface area contributed by atoms with E-state index in [1.54, 1.807) is 0 Å². The van der Waals surface area contributed by atoms with Gasteiger partial charge in [-0.05, 0) is 38.8 Å². The van der Waals surface area contributed by atoms with Crippen LogP contribution in [0.1, 0.15) is 37.3 Å². The van der Waals surface area contributed by atoms with Crippen LogP contribution in [-0.2, 0) is 4.74 Å². The third kappa shape index (κ3) is 3.09. The average Bonchev–Trinajstić information content (AvgIpc) is 2.90. The maximum absolute atomic E-state index is 5.78. The number of rotatable bonds is 5. The Morgan fingerprint density at radius 1 is 1.53 bits per heavy atom. The lowest BCUT2D eigenvalue weighted by molar-refractivity contribution is 0.0184. The van der Waals surface area contributed by atoms with Crippen molar-refractivity contribution in [2.24, 2.45) is 5.73 Å². The summed E-state index contributed by atoms with van der Waals surface area (Å²) in [4.78, 5) is 0. The number of aryl methyl sites for hydroxylation is 1. The van der Waals surface area contributed by atoms with E-state index < -0.39 is 0 Å². The largest absolute Gasteiger partial charge is 0.465 e. The van der Waals surface area contributed by atoms with Crippen molar-refractivity contribution in [1.82, 2.24) is 5.32 Å². The molecule has 1 saturated heterocycles. The Labute approximate surface area is 103 Å². The number of hydrogen-bond donors (Lipinski definition) is 2. The van der Waals surface area contributed by atoms with Gasteiger partial charge in [0.1, 0.15) is 11.5 Å². The standard InChI is InChI=1S/C13H22N2O2/c1-10-4-5-12(17-10)11(8-14)15-9-13(2)6-3-7-16-13/h4-5,11,15H,3,6-9,14H2,1-2H3. The lowest BCUT2D eigenvalue weighted by Crippen LogP contribution is -2.40. The van der Waals surface area contributed by atoms with Crippen molar-refractivity contribution in [2.45, 2.75) is 38.3 Å². The van der Waals surface area contributed by atoms with Crippen LogP contribution in [0.2, 0.25) is 0 Å². The molecule has 1 aliphatic rings. The highest BCUT2D eigenvalue weighted by Gasteiger charge is 2.30. The minimum Gasteiger partial charge on any atom is -0.465 e. The van der Waals surface area contributed by atoms with E-state index in [9.17, 15) is 0 Å². The summed E-state index contributed by atoms with van der Waals surface area (Å²) >= 11 is 0. The quantitative estimate of drug-likeness (QED) is 0.820. The maximum Gasteiger partial charge on any atom is 0.122 e. The van der Waals surface area contributed by atoms with E-state index in [1.807, 2.05) is 19.1 Å². The molecule has 1 aromatic heterocycles. The summed E-state index contributed by atoms with van der Waals surface area (Å²) in [6.45, 7) is 6.30. The molecule has 0 aromatic carbocycles. The number of ether oxygens (including phenoxy) is 1. The van der Waals surface area contributed by atoms with E-state index in [4.69, 9.17) is 14.9 Å². The molecule has 0 amide bonds. The maximum atomic E-state index is 5.78. The monoisotopic (exact) mass is 238 g/mol. The highest BCUT2D eigenvalue weighted by molar-refractivity contribution is 5.10. The van der Waals surface area contributed by atoms with Crippen LogP contribution in [0.4, 0.5) is 0 Å². The van der Waals surface area contributed by atoms with Crippen LogP contribution >= 0.6 is 0 Å². The van der Waals surface area contributed by atoms with E-state index >= 15 is 0 Å². The zero-order valence-corrected chi connectivity index (χ0v) is 10.7. The van der Waals surface area contributed by atoms with Crippen LogP contribution in [0.15, 0.2) is 16.5 Å². The minimum atomic E-state index is -0.0466. The van der Waals surface area contributed by atoms with E-state index in [-0.39, 0.29) is 11.6 Å². The summed E-state index contributed by atoms with van der Waals surface area (Å²) in [5.41, 5.74) is 5.73. The summed E-state index contributed by atoms with van der Waals surface area (Å²) in [6.07, 6.45) is 2.25. The Morgan fingerprint density at radius 3 is 2.88 bits per heavy atom. The van der Waals surface area contributed by atoms with Crippen LogP contribution in [0.3, 0.4) is 0 Å². The second kappa shape index (κ2) is 5.21. The zero-order chi connectivity index (χ0) is 12.3. The summed E-state index contributed by atoms with van der Waals surface area (Å²) < 4.78 is 11.3. The van der Waals surface area contributed by atoms with Crippen molar-refractivity contribution >= 4 is 0 Å². The number of hydrogen-bond acceptors (Lipinski definition) is 4. The van der Waals surface area contributed by atoms with E-state index in [2.05, 4.69) is 12.2 Å². The van der Waals surface area contributed by atoms with Gasteiger partial charge < -0.3 is 20.2 Å². The fourth-order valence-electron chi connectivity index (χ4n) is 2.26. The molecule has 1 aliphatic heterocycles. The van der Waals surface area contributed by atoms with Crippen LogP contribution < -0.4 is 11.1 Å². The van der Waals surface area contributed by atoms with Crippen molar-refractivity contribution < 1.29 is 9.15 Å². The molecule has 4 heteroatoms. The summed E-state index contributed by atoms with van der Waals surface area (Å²) in [7, 11) is 0. The van der Waals surface area contributed by atoms with Gasteiger partial charge in [-0.15, -0.1) is 0 Å². The highest BCUT2D eigenvalue weighted by atomic mass is 16.5. The van der Waals surface area contributed by atoms with Gasteiger partial charge in [0, 0.05) is 19.7 Å². The van der Waals surface area contributed by atoms with Gasteiger partial charge in [-0.2, -0.15) is 0 Å². The van der Waals surface area contributed by atoms with Crippen molar-refractivity contribution in [3.63, 3.8) is 0 Å². The molecule has 2 heterocycles. The van der Waals surface area contributed by atoms with E-state index in [1.165, 1.54) is 0 Å². The fraction of sp³-hybridized carbons (Fsp3) is 0.692. The summed E-state index contributed by atoms with van der Waals surface area (Å²) in [5, 5.41) is 3.44. The van der Waals surface area contributed by atoms with Crippen molar-refractivity contribution in [2.75, 3.05) is 19.7 Å². The second-order valence-corrected chi connectivity index (χ2v) is 5.02. The van der Waals surface area contributed by atoms with Gasteiger partial charge in [-0.3, -0.25) is 0 Å². The average molecular weight is 238 g/mol. The molecular formula is C13H22N2O2. The van der Waals surface area contributed by atoms with Crippen LogP contribution in [-0.4, -0.2) is 25.3 Å². The Kier molecular flexibility index (Phi) is 3.86. The van der Waals surface area contributed by atoms with Gasteiger partial charge in [0.05, 0.1) is 11.6 Å². The highest BCUT2D eigenvalue weighted by Crippen LogP contribution is 2.25. The SMILES string of the molecule is Cc1ccc(C(CN)NCC2(C)CCCO2)o1. The number of nitrogens with two attached hydrogens (primary N) is 1. The van der Waals surface area contributed by atoms with Crippen LogP contribution in [0, 0.1) is 6.92 Å². The molecule has 0 spiro atoms. The zero-order valence-electron chi connectivity index (χ0n) is 10.7. The molecule has 2 rings (SSSR count). The molecule has 4 nitrogen and oxygen atoms in total. The van der Waals surface area contributed by atoms with Gasteiger partial charge in [-0.1, -0.05) is 0 Å². The molecule has 96 valence electrons. The van der Waals surface area contributed by atoms with Crippen molar-refractivity contribution in [1.29, 1.82) is 0 Å². The molecule has 0 saturated carbocycles. The van der Waals surface area contributed by atoms with Gasteiger partial charge in [0.25, 0.3) is 0 Å². The number of nitrogens with one attached hydrogen (secondary N) is 1. The molecule has 2 unspecified atom stereocenters. The first-order valence-corrected chi connectivity index (χ1v) is 6.27. The molecule has 1 aromatic rings. The van der Waals surface area contributed by atoms with Gasteiger partial charge in [0.15, 0.2) is 0 Å². The molecule has 17 heavy (non-hydrogen) atoms. The van der Waals surface area contributed by atoms with Crippen LogP contribution in [0.5, 0.6) is 0 Å². The van der Waals surface area contributed by atoms with E-state index in [0.717, 1.165) is 37.5 Å². The Balaban J connectivity index is 1.91. The second-order valence-electron chi connectivity index (χ2n) is 5.02. The third-order valence-corrected chi connectivity index (χ3v) is 3.36. The predicted octanol–water partition coefficient (Wildman–Crippen LogP) is 1.75. The molecule has 0 aliphatic carbocycles. The van der Waals surface area contributed by atoms with Crippen molar-refractivity contribution in [3.8, 4) is 0 Å². The molecule has 2 atom stereocenters. The van der Waals surface area contributed by atoms with Gasteiger partial charge >= 0.3 is 0 Å². The Bertz CT molecular complexity index is 356. The molecule has 3 N–H and O–H groups in total. The molecule has 0 radical (unpaired) electrons. The Hall–Kier alpha value is -0.840. The lowest BCUT2D eigenvalue weighted by atomic mass is 10.0. The first-order chi connectivity index (χ1) is 8.13. The lowest BCUT2D eigenvalue weighted by Gasteiger charge is -2.26. The summed E-state index contributed by atoms with van der Waals surface area (Å²) in [6, 6.07) is 4.02. The van der Waals surface area contributed by atoms with Gasteiger partial charge in [0.2, 0.25) is 0 Å². The predicted molar refractivity (Wildman–Crippen MR) is 66.8 cm³/mol.